The van der Waals surface area contributed by atoms with Gasteiger partial charge in [-0.25, -0.2) is 0 Å². The first-order valence-electron chi connectivity index (χ1n) is 12.7. The number of hydrogen-bond acceptors (Lipinski definition) is 3. The number of ketones is 1. The van der Waals surface area contributed by atoms with Gasteiger partial charge >= 0.3 is 0 Å². The van der Waals surface area contributed by atoms with E-state index in [1.165, 1.54) is 6.08 Å². The molecule has 36 heavy (non-hydrogen) atoms. The molecule has 0 spiro atoms. The molecule has 3 nitrogen and oxygen atoms in total. The van der Waals surface area contributed by atoms with Gasteiger partial charge in [-0.2, -0.15) is 0 Å². The Balaban J connectivity index is 3.10. The first-order chi connectivity index (χ1) is 16.1. The number of hydrogen-bond donors (Lipinski definition) is 2. The topological polar surface area (TPSA) is 57.5 Å². The maximum atomic E-state index is 12.7. The molecular formula is C33H46O3. The lowest BCUT2D eigenvalue weighted by molar-refractivity contribution is -0.110. The maximum Gasteiger partial charge on any atom is 0.178 e. The summed E-state index contributed by atoms with van der Waals surface area (Å²) in [5.74, 6) is 0.393. The van der Waals surface area contributed by atoms with Gasteiger partial charge in [0.15, 0.2) is 5.78 Å². The first-order valence-corrected chi connectivity index (χ1v) is 12.7. The van der Waals surface area contributed by atoms with E-state index in [4.69, 9.17) is 0 Å². The Kier molecular flexibility index (Phi) is 7.82. The molecule has 0 aliphatic carbocycles. The van der Waals surface area contributed by atoms with Gasteiger partial charge < -0.3 is 10.2 Å². The SMILES string of the molecule is C=CC(=O)C=C(c1cc(C(C)(C)C)c(O)c(C(C)(C)C)c1)c1cc(C(C)(C)C)c(O)c(C(C)(C)C)c1. The van der Waals surface area contributed by atoms with Crippen LogP contribution in [-0.4, -0.2) is 16.0 Å². The van der Waals surface area contributed by atoms with Gasteiger partial charge in [0.1, 0.15) is 11.5 Å². The van der Waals surface area contributed by atoms with E-state index in [1.54, 1.807) is 6.08 Å². The van der Waals surface area contributed by atoms with Crippen LogP contribution < -0.4 is 0 Å². The van der Waals surface area contributed by atoms with Gasteiger partial charge in [-0.15, -0.1) is 0 Å². The molecule has 0 unspecified atom stereocenters. The highest BCUT2D eigenvalue weighted by Crippen LogP contribution is 2.45. The van der Waals surface area contributed by atoms with E-state index in [2.05, 4.69) is 89.7 Å². The minimum Gasteiger partial charge on any atom is -0.507 e. The molecule has 2 rings (SSSR count). The maximum absolute atomic E-state index is 12.7. The van der Waals surface area contributed by atoms with E-state index in [0.717, 1.165) is 39.0 Å². The van der Waals surface area contributed by atoms with Crippen molar-refractivity contribution in [3.05, 3.63) is 76.4 Å². The van der Waals surface area contributed by atoms with Crippen molar-refractivity contribution in [2.75, 3.05) is 0 Å². The summed E-state index contributed by atoms with van der Waals surface area (Å²) in [7, 11) is 0. The Bertz CT molecular complexity index is 1040. The smallest absolute Gasteiger partial charge is 0.178 e. The van der Waals surface area contributed by atoms with Crippen molar-refractivity contribution in [2.24, 2.45) is 0 Å². The quantitative estimate of drug-likeness (QED) is 0.423. The average Bonchev–Trinajstić information content (AvgIpc) is 2.69. The van der Waals surface area contributed by atoms with Gasteiger partial charge in [0, 0.05) is 22.3 Å². The molecule has 0 aliphatic rings. The van der Waals surface area contributed by atoms with Crippen LogP contribution in [-0.2, 0) is 26.5 Å². The highest BCUT2D eigenvalue weighted by Gasteiger charge is 2.30. The summed E-state index contributed by atoms with van der Waals surface area (Å²) < 4.78 is 0. The molecular weight excluding hydrogens is 444 g/mol. The number of phenolic OH excluding ortho intramolecular Hbond substituents is 2. The van der Waals surface area contributed by atoms with E-state index in [0.29, 0.717) is 11.5 Å². The fraction of sp³-hybridized carbons (Fsp3) is 0.485. The Morgan fingerprint density at radius 3 is 1.06 bits per heavy atom. The summed E-state index contributed by atoms with van der Waals surface area (Å²) in [5.41, 5.74) is 4.51. The third-order valence-electron chi connectivity index (χ3n) is 6.56. The van der Waals surface area contributed by atoms with Gasteiger partial charge in [0.05, 0.1) is 0 Å². The average molecular weight is 491 g/mol. The Hall–Kier alpha value is -2.81. The van der Waals surface area contributed by atoms with E-state index in [1.807, 2.05) is 24.3 Å². The summed E-state index contributed by atoms with van der Waals surface area (Å²) >= 11 is 0. The third-order valence-corrected chi connectivity index (χ3v) is 6.56. The van der Waals surface area contributed by atoms with Crippen LogP contribution in [0.1, 0.15) is 116 Å². The predicted molar refractivity (Wildman–Crippen MR) is 153 cm³/mol. The van der Waals surface area contributed by atoms with E-state index in [9.17, 15) is 15.0 Å². The van der Waals surface area contributed by atoms with Crippen molar-refractivity contribution < 1.29 is 15.0 Å². The van der Waals surface area contributed by atoms with Crippen LogP contribution in [0.15, 0.2) is 43.0 Å². The van der Waals surface area contributed by atoms with Crippen LogP contribution in [0.2, 0.25) is 0 Å². The molecule has 3 heteroatoms. The lowest BCUT2D eigenvalue weighted by Crippen LogP contribution is -2.19. The van der Waals surface area contributed by atoms with Crippen LogP contribution in [0.5, 0.6) is 11.5 Å². The Labute approximate surface area is 219 Å². The lowest BCUT2D eigenvalue weighted by Gasteiger charge is -2.30. The number of aromatic hydroxyl groups is 2. The number of carbonyl (C=O) groups is 1. The number of benzene rings is 2. The van der Waals surface area contributed by atoms with Gasteiger partial charge in [-0.3, -0.25) is 4.79 Å². The van der Waals surface area contributed by atoms with E-state index in [-0.39, 0.29) is 27.4 Å². The molecule has 0 saturated carbocycles. The Morgan fingerprint density at radius 1 is 0.611 bits per heavy atom. The summed E-state index contributed by atoms with van der Waals surface area (Å²) in [6, 6.07) is 7.97. The number of carbonyl (C=O) groups excluding carboxylic acids is 1. The number of phenols is 2. The fourth-order valence-electron chi connectivity index (χ4n) is 4.40. The number of rotatable bonds is 4. The largest absolute Gasteiger partial charge is 0.507 e. The Morgan fingerprint density at radius 2 is 0.861 bits per heavy atom. The van der Waals surface area contributed by atoms with Crippen LogP contribution >= 0.6 is 0 Å². The van der Waals surface area contributed by atoms with Gasteiger partial charge in [-0.1, -0.05) is 89.7 Å². The summed E-state index contributed by atoms with van der Waals surface area (Å²) in [6.07, 6.45) is 2.93. The molecule has 2 N–H and O–H groups in total. The van der Waals surface area contributed by atoms with Crippen LogP contribution in [0.25, 0.3) is 5.57 Å². The van der Waals surface area contributed by atoms with Crippen LogP contribution in [0.3, 0.4) is 0 Å². The van der Waals surface area contributed by atoms with Crippen molar-refractivity contribution in [1.29, 1.82) is 0 Å². The molecule has 196 valence electrons. The van der Waals surface area contributed by atoms with Crippen molar-refractivity contribution in [3.63, 3.8) is 0 Å². The zero-order valence-electron chi connectivity index (χ0n) is 24.5. The van der Waals surface area contributed by atoms with E-state index >= 15 is 0 Å². The van der Waals surface area contributed by atoms with Crippen molar-refractivity contribution >= 4 is 11.4 Å². The summed E-state index contributed by atoms with van der Waals surface area (Å²) in [4.78, 5) is 12.7. The lowest BCUT2D eigenvalue weighted by atomic mass is 9.75. The molecule has 0 radical (unpaired) electrons. The highest BCUT2D eigenvalue weighted by atomic mass is 16.3. The molecule has 0 bridgehead atoms. The zero-order valence-corrected chi connectivity index (χ0v) is 24.5. The molecule has 0 saturated heterocycles. The summed E-state index contributed by atoms with van der Waals surface area (Å²) in [5, 5.41) is 22.5. The highest BCUT2D eigenvalue weighted by molar-refractivity contribution is 6.06. The molecule has 0 heterocycles. The van der Waals surface area contributed by atoms with Crippen molar-refractivity contribution in [1.82, 2.24) is 0 Å². The van der Waals surface area contributed by atoms with Gasteiger partial charge in [0.2, 0.25) is 0 Å². The fourth-order valence-corrected chi connectivity index (χ4v) is 4.40. The first kappa shape index (κ1) is 29.4. The summed E-state index contributed by atoms with van der Waals surface area (Å²) in [6.45, 7) is 28.6. The van der Waals surface area contributed by atoms with Crippen molar-refractivity contribution in [2.45, 2.75) is 105 Å². The molecule has 2 aromatic carbocycles. The second kappa shape index (κ2) is 9.57. The number of allylic oxidation sites excluding steroid dienone is 2. The normalized spacial score (nSPS) is 12.9. The zero-order chi connectivity index (χ0) is 28.0. The molecule has 0 atom stereocenters. The second-order valence-corrected chi connectivity index (χ2v) is 14.0. The van der Waals surface area contributed by atoms with E-state index < -0.39 is 0 Å². The van der Waals surface area contributed by atoms with Crippen molar-refractivity contribution in [3.8, 4) is 11.5 Å². The molecule has 2 aromatic rings. The van der Waals surface area contributed by atoms with Crippen LogP contribution in [0, 0.1) is 0 Å². The second-order valence-electron chi connectivity index (χ2n) is 14.0. The minimum atomic E-state index is -0.310. The van der Waals surface area contributed by atoms with Gasteiger partial charge in [-0.05, 0) is 74.8 Å². The molecule has 0 fully saturated rings. The standard InChI is InChI=1S/C33H46O3/c1-14-22(34)19-23(20-15-24(30(2,3)4)28(35)25(16-20)31(5,6)7)21-17-26(32(8,9)10)29(36)27(18-21)33(11,12)13/h14-19,35-36H,1H2,2-13H3. The molecule has 0 aliphatic heterocycles. The molecule has 0 amide bonds. The predicted octanol–water partition coefficient (Wildman–Crippen LogP) is 8.47. The van der Waals surface area contributed by atoms with Gasteiger partial charge in [0.25, 0.3) is 0 Å². The molecule has 0 aromatic heterocycles. The minimum absolute atomic E-state index is 0.199. The monoisotopic (exact) mass is 490 g/mol. The van der Waals surface area contributed by atoms with Crippen LogP contribution in [0.4, 0.5) is 0 Å². The third kappa shape index (κ3) is 6.30.